The van der Waals surface area contributed by atoms with Gasteiger partial charge in [0, 0.05) is 18.7 Å². The second kappa shape index (κ2) is 5.56. The third-order valence-electron chi connectivity index (χ3n) is 5.10. The number of hydrogen-bond donors (Lipinski definition) is 2. The molecule has 4 rings (SSSR count). The van der Waals surface area contributed by atoms with Crippen molar-refractivity contribution in [2.24, 2.45) is 5.16 Å². The van der Waals surface area contributed by atoms with E-state index in [0.717, 1.165) is 43.2 Å². The van der Waals surface area contributed by atoms with Gasteiger partial charge in [0.2, 0.25) is 10.0 Å². The summed E-state index contributed by atoms with van der Waals surface area (Å²) in [6.45, 7) is 1.07. The number of hydrogen-bond acceptors (Lipinski definition) is 5. The van der Waals surface area contributed by atoms with E-state index in [1.54, 1.807) is 0 Å². The highest BCUT2D eigenvalue weighted by Crippen LogP contribution is 2.40. The molecule has 0 unspecified atom stereocenters. The van der Waals surface area contributed by atoms with Crippen molar-refractivity contribution in [3.63, 3.8) is 0 Å². The largest absolute Gasteiger partial charge is 0.410 e. The zero-order valence-electron chi connectivity index (χ0n) is 13.2. The monoisotopic (exact) mass is 349 g/mol. The summed E-state index contributed by atoms with van der Waals surface area (Å²) in [6.07, 6.45) is 5.04. The number of oxime groups is 1. The molecule has 0 radical (unpaired) electrons. The number of benzene rings is 1. The summed E-state index contributed by atoms with van der Waals surface area (Å²) in [7, 11) is -3.59. The van der Waals surface area contributed by atoms with Gasteiger partial charge >= 0.3 is 0 Å². The minimum atomic E-state index is -3.59. The summed E-state index contributed by atoms with van der Waals surface area (Å²) in [6, 6.07) is 1.51. The zero-order valence-corrected chi connectivity index (χ0v) is 14.0. The van der Waals surface area contributed by atoms with E-state index in [9.17, 15) is 13.2 Å². The number of nitrogens with one attached hydrogen (secondary N) is 1. The molecule has 0 saturated carbocycles. The molecule has 1 fully saturated rings. The van der Waals surface area contributed by atoms with Gasteiger partial charge in [-0.1, -0.05) is 5.16 Å². The van der Waals surface area contributed by atoms with Crippen LogP contribution in [0.4, 0.5) is 5.69 Å². The summed E-state index contributed by atoms with van der Waals surface area (Å²) < 4.78 is 27.7. The number of fused-ring (bicyclic) bond motifs is 3. The van der Waals surface area contributed by atoms with Crippen LogP contribution in [0, 0.1) is 0 Å². The molecule has 0 atom stereocenters. The standard InChI is InChI=1S/C16H19N3O4S/c20-16-15(18-21)12-9-13(24(22,23)19-7-3-4-8-19)10-5-1-2-6-11(10)14(12)17-16/h9,21H,1-8H2,(H,17,18,20). The van der Waals surface area contributed by atoms with Crippen LogP contribution < -0.4 is 5.32 Å². The molecule has 7 nitrogen and oxygen atoms in total. The maximum atomic E-state index is 13.1. The lowest BCUT2D eigenvalue weighted by Gasteiger charge is -2.25. The Bertz CT molecular complexity index is 855. The summed E-state index contributed by atoms with van der Waals surface area (Å²) in [5.74, 6) is -0.490. The third kappa shape index (κ3) is 2.16. The predicted molar refractivity (Wildman–Crippen MR) is 88.0 cm³/mol. The van der Waals surface area contributed by atoms with Gasteiger partial charge in [-0.05, 0) is 55.7 Å². The number of anilines is 1. The van der Waals surface area contributed by atoms with E-state index in [0.29, 0.717) is 30.8 Å². The first-order valence-electron chi connectivity index (χ1n) is 8.26. The minimum absolute atomic E-state index is 0.115. The third-order valence-corrected chi connectivity index (χ3v) is 7.07. The van der Waals surface area contributed by atoms with Crippen molar-refractivity contribution in [3.8, 4) is 0 Å². The van der Waals surface area contributed by atoms with Gasteiger partial charge in [0.1, 0.15) is 0 Å². The van der Waals surface area contributed by atoms with Crippen molar-refractivity contribution in [2.75, 3.05) is 18.4 Å². The van der Waals surface area contributed by atoms with E-state index in [2.05, 4.69) is 10.5 Å². The lowest BCUT2D eigenvalue weighted by molar-refractivity contribution is -0.110. The molecule has 0 bridgehead atoms. The Morgan fingerprint density at radius 2 is 1.75 bits per heavy atom. The van der Waals surface area contributed by atoms with Crippen LogP contribution in [0.1, 0.15) is 42.4 Å². The normalized spacial score (nSPS) is 22.5. The van der Waals surface area contributed by atoms with Crippen molar-refractivity contribution < 1.29 is 18.4 Å². The average molecular weight is 349 g/mol. The first kappa shape index (κ1) is 15.6. The lowest BCUT2D eigenvalue weighted by Crippen LogP contribution is -2.29. The second-order valence-corrected chi connectivity index (χ2v) is 8.38. The Morgan fingerprint density at radius 1 is 1.08 bits per heavy atom. The molecule has 2 heterocycles. The molecule has 2 N–H and O–H groups in total. The van der Waals surface area contributed by atoms with Crippen LogP contribution in [0.3, 0.4) is 0 Å². The number of carbonyl (C=O) groups is 1. The highest BCUT2D eigenvalue weighted by molar-refractivity contribution is 7.89. The fourth-order valence-corrected chi connectivity index (χ4v) is 5.75. The van der Waals surface area contributed by atoms with Crippen molar-refractivity contribution in [2.45, 2.75) is 43.4 Å². The van der Waals surface area contributed by atoms with Gasteiger partial charge in [-0.15, -0.1) is 0 Å². The molecule has 1 aromatic carbocycles. The van der Waals surface area contributed by atoms with Crippen molar-refractivity contribution in [1.82, 2.24) is 4.31 Å². The van der Waals surface area contributed by atoms with E-state index < -0.39 is 15.9 Å². The summed E-state index contributed by atoms with van der Waals surface area (Å²) in [5.41, 5.74) is 2.58. The van der Waals surface area contributed by atoms with Gasteiger partial charge in [0.15, 0.2) is 5.71 Å². The number of nitrogens with zero attached hydrogens (tertiary/aromatic N) is 2. The van der Waals surface area contributed by atoms with Crippen LogP contribution in [0.2, 0.25) is 0 Å². The topological polar surface area (TPSA) is 99.1 Å². The zero-order chi connectivity index (χ0) is 16.9. The Kier molecular flexibility index (Phi) is 3.61. The number of sulfonamides is 1. The molecule has 3 aliphatic rings. The Labute approximate surface area is 140 Å². The quantitative estimate of drug-likeness (QED) is 0.624. The molecule has 2 aliphatic heterocycles. The van der Waals surface area contributed by atoms with E-state index in [4.69, 9.17) is 5.21 Å². The van der Waals surface area contributed by atoms with E-state index >= 15 is 0 Å². The molecule has 1 aliphatic carbocycles. The maximum Gasteiger partial charge on any atom is 0.278 e. The first-order chi connectivity index (χ1) is 11.5. The van der Waals surface area contributed by atoms with Crippen LogP contribution in [0.25, 0.3) is 0 Å². The highest BCUT2D eigenvalue weighted by atomic mass is 32.2. The Balaban J connectivity index is 1.95. The molecule has 1 saturated heterocycles. The van der Waals surface area contributed by atoms with Gasteiger partial charge in [0.05, 0.1) is 10.6 Å². The Morgan fingerprint density at radius 3 is 2.42 bits per heavy atom. The molecule has 1 aromatic rings. The first-order valence-corrected chi connectivity index (χ1v) is 9.70. The Hall–Kier alpha value is -1.93. The molecule has 128 valence electrons. The number of amides is 1. The van der Waals surface area contributed by atoms with Gasteiger partial charge in [-0.2, -0.15) is 4.31 Å². The fourth-order valence-electron chi connectivity index (χ4n) is 3.93. The molecular weight excluding hydrogens is 330 g/mol. The van der Waals surface area contributed by atoms with Gasteiger partial charge in [-0.25, -0.2) is 8.42 Å². The van der Waals surface area contributed by atoms with Crippen LogP contribution >= 0.6 is 0 Å². The minimum Gasteiger partial charge on any atom is -0.410 e. The average Bonchev–Trinajstić information content (AvgIpc) is 3.21. The van der Waals surface area contributed by atoms with E-state index in [-0.39, 0.29) is 10.6 Å². The van der Waals surface area contributed by atoms with Crippen molar-refractivity contribution in [3.05, 3.63) is 22.8 Å². The number of carbonyl (C=O) groups excluding carboxylic acids is 1. The molecule has 0 spiro atoms. The van der Waals surface area contributed by atoms with E-state index in [1.807, 2.05) is 0 Å². The molecule has 8 heteroatoms. The fraction of sp³-hybridized carbons (Fsp3) is 0.500. The molecule has 1 amide bonds. The SMILES string of the molecule is O=C1Nc2c(cc(S(=O)(=O)N3CCCC3)c3c2CCCC3)C1=NO. The second-order valence-electron chi connectivity index (χ2n) is 6.48. The smallest absolute Gasteiger partial charge is 0.278 e. The van der Waals surface area contributed by atoms with Gasteiger partial charge in [0.25, 0.3) is 5.91 Å². The van der Waals surface area contributed by atoms with Crippen LogP contribution in [0.5, 0.6) is 0 Å². The van der Waals surface area contributed by atoms with Crippen LogP contribution in [-0.2, 0) is 27.7 Å². The van der Waals surface area contributed by atoms with Crippen molar-refractivity contribution >= 4 is 27.3 Å². The summed E-state index contributed by atoms with van der Waals surface area (Å²) in [4.78, 5) is 12.3. The summed E-state index contributed by atoms with van der Waals surface area (Å²) in [5, 5.41) is 15.0. The highest BCUT2D eigenvalue weighted by Gasteiger charge is 2.37. The van der Waals surface area contributed by atoms with Crippen molar-refractivity contribution in [1.29, 1.82) is 0 Å². The lowest BCUT2D eigenvalue weighted by atomic mass is 9.88. The maximum absolute atomic E-state index is 13.1. The van der Waals surface area contributed by atoms with Gasteiger partial charge < -0.3 is 10.5 Å². The number of rotatable bonds is 2. The molecule has 0 aromatic heterocycles. The van der Waals surface area contributed by atoms with Crippen LogP contribution in [-0.4, -0.2) is 42.6 Å². The summed E-state index contributed by atoms with van der Waals surface area (Å²) >= 11 is 0. The van der Waals surface area contributed by atoms with Gasteiger partial charge in [-0.3, -0.25) is 4.79 Å². The molecule has 24 heavy (non-hydrogen) atoms. The molecular formula is C16H19N3O4S. The van der Waals surface area contributed by atoms with Crippen LogP contribution in [0.15, 0.2) is 16.1 Å². The van der Waals surface area contributed by atoms with E-state index in [1.165, 1.54) is 10.4 Å². The predicted octanol–water partition coefficient (Wildman–Crippen LogP) is 1.48.